The predicted molar refractivity (Wildman–Crippen MR) is 79.9 cm³/mol. The van der Waals surface area contributed by atoms with Crippen LogP contribution in [0.25, 0.3) is 0 Å². The molecule has 122 valence electrons. The minimum Gasteiger partial charge on any atom is -0.480 e. The highest BCUT2D eigenvalue weighted by atomic mass is 16.4. The number of hydrogen-bond donors (Lipinski definition) is 2. The molecular formula is C14H27N3O4. The Morgan fingerprint density at radius 1 is 1.14 bits per heavy atom. The van der Waals surface area contributed by atoms with Gasteiger partial charge in [0.05, 0.1) is 19.6 Å². The minimum absolute atomic E-state index is 0.00113. The van der Waals surface area contributed by atoms with Crippen LogP contribution in [0, 0.1) is 0 Å². The van der Waals surface area contributed by atoms with E-state index < -0.39 is 5.97 Å². The van der Waals surface area contributed by atoms with E-state index in [4.69, 9.17) is 5.11 Å². The SMILES string of the molecule is CCCNC(=O)CN(C)C(=O)CN(CC(=O)O)C(C)CC. The van der Waals surface area contributed by atoms with E-state index in [1.165, 1.54) is 4.90 Å². The number of rotatable bonds is 10. The second kappa shape index (κ2) is 10.1. The summed E-state index contributed by atoms with van der Waals surface area (Å²) in [7, 11) is 1.55. The summed E-state index contributed by atoms with van der Waals surface area (Å²) in [5, 5.41) is 11.6. The first-order valence-corrected chi connectivity index (χ1v) is 7.28. The summed E-state index contributed by atoms with van der Waals surface area (Å²) < 4.78 is 0. The van der Waals surface area contributed by atoms with Gasteiger partial charge in [0.15, 0.2) is 0 Å². The molecule has 2 N–H and O–H groups in total. The average Bonchev–Trinajstić information content (AvgIpc) is 2.42. The molecule has 21 heavy (non-hydrogen) atoms. The van der Waals surface area contributed by atoms with Gasteiger partial charge in [-0.1, -0.05) is 13.8 Å². The fourth-order valence-corrected chi connectivity index (χ4v) is 1.72. The van der Waals surface area contributed by atoms with Crippen LogP contribution >= 0.6 is 0 Å². The molecule has 7 heteroatoms. The van der Waals surface area contributed by atoms with E-state index in [0.29, 0.717) is 6.54 Å². The molecule has 1 unspecified atom stereocenters. The first-order valence-electron chi connectivity index (χ1n) is 7.28. The van der Waals surface area contributed by atoms with Gasteiger partial charge in [0, 0.05) is 19.6 Å². The molecule has 0 fully saturated rings. The molecule has 0 aliphatic carbocycles. The van der Waals surface area contributed by atoms with E-state index in [9.17, 15) is 14.4 Å². The second-order valence-electron chi connectivity index (χ2n) is 5.16. The zero-order chi connectivity index (χ0) is 16.4. The Balaban J connectivity index is 4.46. The molecule has 0 spiro atoms. The number of amides is 2. The van der Waals surface area contributed by atoms with Crippen LogP contribution in [0.15, 0.2) is 0 Å². The topological polar surface area (TPSA) is 90.0 Å². The Hall–Kier alpha value is -1.63. The molecule has 0 aromatic carbocycles. The quantitative estimate of drug-likeness (QED) is 0.600. The summed E-state index contributed by atoms with van der Waals surface area (Å²) in [4.78, 5) is 37.4. The van der Waals surface area contributed by atoms with E-state index in [-0.39, 0.29) is 37.5 Å². The van der Waals surface area contributed by atoms with Crippen LogP contribution in [0.5, 0.6) is 0 Å². The fraction of sp³-hybridized carbons (Fsp3) is 0.786. The molecule has 0 rings (SSSR count). The molecule has 0 radical (unpaired) electrons. The van der Waals surface area contributed by atoms with Gasteiger partial charge in [0.1, 0.15) is 0 Å². The Labute approximate surface area is 126 Å². The maximum absolute atomic E-state index is 12.1. The first kappa shape index (κ1) is 19.4. The van der Waals surface area contributed by atoms with Gasteiger partial charge in [-0.25, -0.2) is 0 Å². The summed E-state index contributed by atoms with van der Waals surface area (Å²) in [5.41, 5.74) is 0. The number of hydrogen-bond acceptors (Lipinski definition) is 4. The summed E-state index contributed by atoms with van der Waals surface area (Å²) in [6.45, 7) is 6.15. The van der Waals surface area contributed by atoms with Crippen molar-refractivity contribution in [3.8, 4) is 0 Å². The van der Waals surface area contributed by atoms with Gasteiger partial charge in [-0.2, -0.15) is 0 Å². The molecule has 0 heterocycles. The van der Waals surface area contributed by atoms with Crippen LogP contribution in [0.2, 0.25) is 0 Å². The van der Waals surface area contributed by atoms with Crippen LogP contribution in [0.1, 0.15) is 33.6 Å². The number of nitrogens with one attached hydrogen (secondary N) is 1. The smallest absolute Gasteiger partial charge is 0.317 e. The summed E-state index contributed by atoms with van der Waals surface area (Å²) >= 11 is 0. The monoisotopic (exact) mass is 301 g/mol. The van der Waals surface area contributed by atoms with Crippen molar-refractivity contribution < 1.29 is 19.5 Å². The summed E-state index contributed by atoms with van der Waals surface area (Å²) in [6, 6.07) is -0.00707. The Bertz CT molecular complexity index is 360. The van der Waals surface area contributed by atoms with Gasteiger partial charge in [-0.15, -0.1) is 0 Å². The van der Waals surface area contributed by atoms with Crippen molar-refractivity contribution in [1.82, 2.24) is 15.1 Å². The molecule has 1 atom stereocenters. The van der Waals surface area contributed by atoms with Crippen molar-refractivity contribution in [3.05, 3.63) is 0 Å². The van der Waals surface area contributed by atoms with Crippen LogP contribution < -0.4 is 5.32 Å². The molecule has 7 nitrogen and oxygen atoms in total. The number of likely N-dealkylation sites (N-methyl/N-ethyl adjacent to an activating group) is 1. The normalized spacial score (nSPS) is 12.0. The van der Waals surface area contributed by atoms with Crippen LogP contribution in [-0.2, 0) is 14.4 Å². The lowest BCUT2D eigenvalue weighted by Gasteiger charge is -2.28. The highest BCUT2D eigenvalue weighted by molar-refractivity contribution is 5.85. The summed E-state index contributed by atoms with van der Waals surface area (Å²) in [5.74, 6) is -1.43. The van der Waals surface area contributed by atoms with Crippen LogP contribution in [-0.4, -0.2) is 72.0 Å². The van der Waals surface area contributed by atoms with Gasteiger partial charge < -0.3 is 15.3 Å². The number of carboxylic acids is 1. The van der Waals surface area contributed by atoms with Gasteiger partial charge in [0.25, 0.3) is 0 Å². The van der Waals surface area contributed by atoms with E-state index in [2.05, 4.69) is 5.32 Å². The molecular weight excluding hydrogens is 274 g/mol. The molecule has 0 saturated carbocycles. The van der Waals surface area contributed by atoms with Crippen molar-refractivity contribution in [2.45, 2.75) is 39.7 Å². The Morgan fingerprint density at radius 3 is 2.24 bits per heavy atom. The fourth-order valence-electron chi connectivity index (χ4n) is 1.72. The Morgan fingerprint density at radius 2 is 1.76 bits per heavy atom. The van der Waals surface area contributed by atoms with E-state index in [1.807, 2.05) is 20.8 Å². The molecule has 0 aliphatic rings. The minimum atomic E-state index is -0.966. The highest BCUT2D eigenvalue weighted by Crippen LogP contribution is 2.04. The van der Waals surface area contributed by atoms with Gasteiger partial charge >= 0.3 is 5.97 Å². The Kier molecular flexibility index (Phi) is 9.36. The van der Waals surface area contributed by atoms with Gasteiger partial charge in [-0.3, -0.25) is 19.3 Å². The van der Waals surface area contributed by atoms with Crippen molar-refractivity contribution in [2.24, 2.45) is 0 Å². The first-order chi connectivity index (χ1) is 9.81. The lowest BCUT2D eigenvalue weighted by atomic mass is 10.2. The van der Waals surface area contributed by atoms with Crippen molar-refractivity contribution in [3.63, 3.8) is 0 Å². The number of carbonyl (C=O) groups is 3. The highest BCUT2D eigenvalue weighted by Gasteiger charge is 2.21. The molecule has 0 bridgehead atoms. The largest absolute Gasteiger partial charge is 0.480 e. The summed E-state index contributed by atoms with van der Waals surface area (Å²) in [6.07, 6.45) is 1.59. The zero-order valence-electron chi connectivity index (χ0n) is 13.4. The number of aliphatic carboxylic acids is 1. The number of nitrogens with zero attached hydrogens (tertiary/aromatic N) is 2. The molecule has 0 saturated heterocycles. The van der Waals surface area contributed by atoms with Crippen molar-refractivity contribution in [2.75, 3.05) is 33.2 Å². The van der Waals surface area contributed by atoms with Crippen LogP contribution in [0.3, 0.4) is 0 Å². The van der Waals surface area contributed by atoms with Crippen LogP contribution in [0.4, 0.5) is 0 Å². The number of carboxylic acid groups (broad SMARTS) is 1. The number of carbonyl (C=O) groups excluding carboxylic acids is 2. The van der Waals surface area contributed by atoms with E-state index in [1.54, 1.807) is 11.9 Å². The van der Waals surface area contributed by atoms with E-state index in [0.717, 1.165) is 12.8 Å². The average molecular weight is 301 g/mol. The van der Waals surface area contributed by atoms with Gasteiger partial charge in [-0.05, 0) is 19.8 Å². The lowest BCUT2D eigenvalue weighted by Crippen LogP contribution is -2.46. The second-order valence-corrected chi connectivity index (χ2v) is 5.16. The van der Waals surface area contributed by atoms with Crippen molar-refractivity contribution >= 4 is 17.8 Å². The lowest BCUT2D eigenvalue weighted by molar-refractivity contribution is -0.141. The van der Waals surface area contributed by atoms with Gasteiger partial charge in [0.2, 0.25) is 11.8 Å². The molecule has 0 aliphatic heterocycles. The third-order valence-electron chi connectivity index (χ3n) is 3.27. The van der Waals surface area contributed by atoms with Crippen molar-refractivity contribution in [1.29, 1.82) is 0 Å². The third kappa shape index (κ3) is 8.29. The van der Waals surface area contributed by atoms with E-state index >= 15 is 0 Å². The third-order valence-corrected chi connectivity index (χ3v) is 3.27. The molecule has 0 aromatic heterocycles. The zero-order valence-corrected chi connectivity index (χ0v) is 13.4. The molecule has 0 aromatic rings. The maximum atomic E-state index is 12.1. The standard InChI is InChI=1S/C14H27N3O4/c1-5-7-15-12(18)8-16(4)13(19)9-17(10-14(20)21)11(3)6-2/h11H,5-10H2,1-4H3,(H,15,18)(H,20,21). The maximum Gasteiger partial charge on any atom is 0.317 e. The molecule has 2 amide bonds. The predicted octanol–water partition coefficient (Wildman–Crippen LogP) is 0.156.